The molecule has 0 atom stereocenters. The van der Waals surface area contributed by atoms with Gasteiger partial charge in [0.2, 0.25) is 5.82 Å². The molecule has 2 rings (SSSR count). The molecule has 1 fully saturated rings. The van der Waals surface area contributed by atoms with Gasteiger partial charge in [-0.15, -0.1) is 0 Å². The van der Waals surface area contributed by atoms with Crippen molar-refractivity contribution in [2.24, 2.45) is 5.92 Å². The quantitative estimate of drug-likeness (QED) is 0.675. The zero-order valence-corrected chi connectivity index (χ0v) is 10.8. The highest BCUT2D eigenvalue weighted by molar-refractivity contribution is 5.94. The van der Waals surface area contributed by atoms with E-state index in [2.05, 4.69) is 5.32 Å². The topological polar surface area (TPSA) is 81.5 Å². The van der Waals surface area contributed by atoms with Gasteiger partial charge < -0.3 is 10.1 Å². The van der Waals surface area contributed by atoms with E-state index in [-0.39, 0.29) is 5.56 Å². The van der Waals surface area contributed by atoms with Gasteiger partial charge in [0.25, 0.3) is 5.91 Å². The van der Waals surface area contributed by atoms with E-state index < -0.39 is 22.3 Å². The fraction of sp³-hybridized carbons (Fsp3) is 0.462. The Labute approximate surface area is 115 Å². The van der Waals surface area contributed by atoms with E-state index in [0.29, 0.717) is 25.7 Å². The number of amides is 1. The van der Waals surface area contributed by atoms with E-state index in [1.807, 2.05) is 0 Å². The highest BCUT2D eigenvalue weighted by Crippen LogP contribution is 2.19. The molecule has 1 amide bonds. The molecule has 0 aromatic heterocycles. The molecule has 0 spiro atoms. The van der Waals surface area contributed by atoms with Gasteiger partial charge in [-0.3, -0.25) is 14.9 Å². The van der Waals surface area contributed by atoms with Crippen LogP contribution in [0, 0.1) is 21.8 Å². The summed E-state index contributed by atoms with van der Waals surface area (Å²) in [5.41, 5.74) is -0.603. The third kappa shape index (κ3) is 3.51. The number of hydrogen-bond donors (Lipinski definition) is 1. The monoisotopic (exact) mass is 282 g/mol. The van der Waals surface area contributed by atoms with Gasteiger partial charge in [0.15, 0.2) is 0 Å². The second-order valence-corrected chi connectivity index (χ2v) is 4.69. The first-order chi connectivity index (χ1) is 9.58. The summed E-state index contributed by atoms with van der Waals surface area (Å²) in [5, 5.41) is 13.3. The second kappa shape index (κ2) is 6.42. The van der Waals surface area contributed by atoms with Crippen LogP contribution >= 0.6 is 0 Å². The Kier molecular flexibility index (Phi) is 4.62. The van der Waals surface area contributed by atoms with Crippen LogP contribution in [0.2, 0.25) is 0 Å². The summed E-state index contributed by atoms with van der Waals surface area (Å²) < 4.78 is 18.4. The van der Waals surface area contributed by atoms with Gasteiger partial charge >= 0.3 is 5.69 Å². The first kappa shape index (κ1) is 14.4. The third-order valence-electron chi connectivity index (χ3n) is 3.30. The van der Waals surface area contributed by atoms with Crippen molar-refractivity contribution in [1.82, 2.24) is 5.32 Å². The van der Waals surface area contributed by atoms with E-state index in [1.165, 1.54) is 6.07 Å². The molecule has 7 heteroatoms. The van der Waals surface area contributed by atoms with Crippen LogP contribution in [0.5, 0.6) is 0 Å². The van der Waals surface area contributed by atoms with Gasteiger partial charge in [0, 0.05) is 31.4 Å². The molecule has 20 heavy (non-hydrogen) atoms. The Morgan fingerprint density at radius 1 is 1.45 bits per heavy atom. The molecule has 6 nitrogen and oxygen atoms in total. The van der Waals surface area contributed by atoms with Gasteiger partial charge in [0.1, 0.15) is 0 Å². The van der Waals surface area contributed by atoms with Crippen LogP contribution in [-0.2, 0) is 4.74 Å². The second-order valence-electron chi connectivity index (χ2n) is 4.69. The van der Waals surface area contributed by atoms with Gasteiger partial charge in [-0.1, -0.05) is 0 Å². The van der Waals surface area contributed by atoms with Gasteiger partial charge in [-0.2, -0.15) is 4.39 Å². The van der Waals surface area contributed by atoms with Crippen molar-refractivity contribution in [1.29, 1.82) is 0 Å². The highest BCUT2D eigenvalue weighted by Gasteiger charge is 2.19. The normalized spacial score (nSPS) is 15.8. The molecule has 108 valence electrons. The predicted octanol–water partition coefficient (Wildman–Crippen LogP) is 1.89. The van der Waals surface area contributed by atoms with E-state index >= 15 is 0 Å². The minimum Gasteiger partial charge on any atom is -0.381 e. The van der Waals surface area contributed by atoms with Crippen molar-refractivity contribution in [3.63, 3.8) is 0 Å². The lowest BCUT2D eigenvalue weighted by atomic mass is 10.0. The largest absolute Gasteiger partial charge is 0.381 e. The lowest BCUT2D eigenvalue weighted by Gasteiger charge is -2.22. The maximum Gasteiger partial charge on any atom is 0.305 e. The fourth-order valence-corrected chi connectivity index (χ4v) is 2.08. The zero-order valence-electron chi connectivity index (χ0n) is 10.8. The number of nitrogens with zero attached hydrogens (tertiary/aromatic N) is 1. The number of carbonyl (C=O) groups excluding carboxylic acids is 1. The zero-order chi connectivity index (χ0) is 14.5. The number of ether oxygens (including phenoxy) is 1. The van der Waals surface area contributed by atoms with Crippen LogP contribution in [0.4, 0.5) is 10.1 Å². The van der Waals surface area contributed by atoms with Gasteiger partial charge in [-0.05, 0) is 30.9 Å². The molecule has 0 unspecified atom stereocenters. The number of nitrogens with one attached hydrogen (secondary N) is 1. The minimum absolute atomic E-state index is 0.0881. The average Bonchev–Trinajstić information content (AvgIpc) is 2.46. The summed E-state index contributed by atoms with van der Waals surface area (Å²) >= 11 is 0. The molecule has 1 aromatic carbocycles. The number of nitro benzene ring substituents is 1. The van der Waals surface area contributed by atoms with Crippen molar-refractivity contribution in [2.45, 2.75) is 12.8 Å². The van der Waals surface area contributed by atoms with Crippen LogP contribution in [0.25, 0.3) is 0 Å². The Morgan fingerprint density at radius 3 is 2.80 bits per heavy atom. The molecule has 0 radical (unpaired) electrons. The standard InChI is InChI=1S/C13H15FN2O4/c14-11-2-1-10(7-12(11)16(18)19)13(17)15-8-9-3-5-20-6-4-9/h1-2,7,9H,3-6,8H2,(H,15,17). The van der Waals surface area contributed by atoms with Gasteiger partial charge in [-0.25, -0.2) is 0 Å². The Balaban J connectivity index is 1.98. The molecular weight excluding hydrogens is 267 g/mol. The predicted molar refractivity (Wildman–Crippen MR) is 68.9 cm³/mol. The Hall–Kier alpha value is -2.02. The van der Waals surface area contributed by atoms with E-state index in [1.54, 1.807) is 0 Å². The summed E-state index contributed by atoms with van der Waals surface area (Å²) in [5.74, 6) is -1.03. The summed E-state index contributed by atoms with van der Waals surface area (Å²) in [4.78, 5) is 21.7. The maximum absolute atomic E-state index is 13.2. The molecule has 1 heterocycles. The van der Waals surface area contributed by atoms with E-state index in [0.717, 1.165) is 25.0 Å². The van der Waals surface area contributed by atoms with Crippen LogP contribution in [0.1, 0.15) is 23.2 Å². The molecule has 1 aromatic rings. The van der Waals surface area contributed by atoms with Crippen molar-refractivity contribution < 1.29 is 18.8 Å². The van der Waals surface area contributed by atoms with Crippen molar-refractivity contribution >= 4 is 11.6 Å². The molecule has 1 saturated heterocycles. The summed E-state index contributed by atoms with van der Waals surface area (Å²) in [7, 11) is 0. The lowest BCUT2D eigenvalue weighted by molar-refractivity contribution is -0.387. The Morgan fingerprint density at radius 2 is 2.15 bits per heavy atom. The summed E-state index contributed by atoms with van der Waals surface area (Å²) in [6, 6.07) is 3.12. The summed E-state index contributed by atoms with van der Waals surface area (Å²) in [6.07, 6.45) is 1.76. The van der Waals surface area contributed by atoms with Crippen molar-refractivity contribution in [3.05, 3.63) is 39.7 Å². The van der Waals surface area contributed by atoms with Crippen LogP contribution in [0.15, 0.2) is 18.2 Å². The maximum atomic E-state index is 13.2. The van der Waals surface area contributed by atoms with Gasteiger partial charge in [0.05, 0.1) is 4.92 Å². The van der Waals surface area contributed by atoms with Crippen molar-refractivity contribution in [2.75, 3.05) is 19.8 Å². The lowest BCUT2D eigenvalue weighted by Crippen LogP contribution is -2.32. The minimum atomic E-state index is -0.948. The first-order valence-corrected chi connectivity index (χ1v) is 6.38. The molecule has 0 saturated carbocycles. The number of rotatable bonds is 4. The third-order valence-corrected chi connectivity index (χ3v) is 3.30. The molecular formula is C13H15FN2O4. The van der Waals surface area contributed by atoms with Crippen molar-refractivity contribution in [3.8, 4) is 0 Å². The molecule has 1 aliphatic heterocycles. The first-order valence-electron chi connectivity index (χ1n) is 6.38. The van der Waals surface area contributed by atoms with Crippen LogP contribution < -0.4 is 5.32 Å². The molecule has 1 aliphatic rings. The number of benzene rings is 1. The number of nitro groups is 1. The molecule has 0 bridgehead atoms. The van der Waals surface area contributed by atoms with Crippen LogP contribution in [-0.4, -0.2) is 30.6 Å². The highest BCUT2D eigenvalue weighted by atomic mass is 19.1. The summed E-state index contributed by atoms with van der Waals surface area (Å²) in [6.45, 7) is 1.86. The molecule has 1 N–H and O–H groups in total. The number of halogens is 1. The van der Waals surface area contributed by atoms with Crippen LogP contribution in [0.3, 0.4) is 0 Å². The molecule has 0 aliphatic carbocycles. The van der Waals surface area contributed by atoms with E-state index in [4.69, 9.17) is 4.74 Å². The SMILES string of the molecule is O=C(NCC1CCOCC1)c1ccc(F)c([N+](=O)[O-])c1. The van der Waals surface area contributed by atoms with E-state index in [9.17, 15) is 19.3 Å². The average molecular weight is 282 g/mol. The fourth-order valence-electron chi connectivity index (χ4n) is 2.08. The number of carbonyl (C=O) groups is 1. The number of hydrogen-bond acceptors (Lipinski definition) is 4. The smallest absolute Gasteiger partial charge is 0.305 e. The Bertz CT molecular complexity index is 515.